The Hall–Kier alpha value is -1.38. The highest BCUT2D eigenvalue weighted by molar-refractivity contribution is 5.70. The molecule has 3 heteroatoms. The number of unbranched alkanes of at least 4 members (excludes halogenated alkanes) is 4. The van der Waals surface area contributed by atoms with Gasteiger partial charge in [0.25, 0.3) is 0 Å². The fourth-order valence-corrected chi connectivity index (χ4v) is 2.48. The minimum absolute atomic E-state index is 0.125. The molecule has 0 saturated heterocycles. The van der Waals surface area contributed by atoms with Crippen molar-refractivity contribution in [3.63, 3.8) is 0 Å². The number of carboxylic acid groups (broad SMARTS) is 1. The van der Waals surface area contributed by atoms with E-state index in [0.29, 0.717) is 0 Å². The lowest BCUT2D eigenvalue weighted by Crippen LogP contribution is -2.39. The third kappa shape index (κ3) is 5.41. The summed E-state index contributed by atoms with van der Waals surface area (Å²) in [5.74, 6) is -0.754. The van der Waals surface area contributed by atoms with Crippen LogP contribution in [0.25, 0.3) is 0 Å². The molecule has 0 aliphatic heterocycles. The average Bonchev–Trinajstić information content (AvgIpc) is 2.38. The molecule has 0 aliphatic rings. The van der Waals surface area contributed by atoms with Crippen molar-refractivity contribution in [2.24, 2.45) is 0 Å². The molecule has 0 saturated carbocycles. The molecule has 1 rings (SSSR count). The van der Waals surface area contributed by atoms with E-state index in [9.17, 15) is 4.79 Å². The summed E-state index contributed by atoms with van der Waals surface area (Å²) >= 11 is 0. The van der Waals surface area contributed by atoms with Gasteiger partial charge in [-0.05, 0) is 12.5 Å². The maximum Gasteiger partial charge on any atom is 0.308 e. The highest BCUT2D eigenvalue weighted by atomic mass is 16.4. The average molecular weight is 264 g/mol. The first-order chi connectivity index (χ1) is 9.19. The number of aryl methyl sites for hydroxylation is 1. The van der Waals surface area contributed by atoms with Gasteiger partial charge in [0.1, 0.15) is 6.54 Å². The SMILES string of the molecule is CCCCCCC[n+]1cccc(CC(=O)O)c1CC. The van der Waals surface area contributed by atoms with Gasteiger partial charge in [-0.25, -0.2) is 4.57 Å². The predicted molar refractivity (Wildman–Crippen MR) is 76.1 cm³/mol. The van der Waals surface area contributed by atoms with Crippen LogP contribution < -0.4 is 4.57 Å². The molecular formula is C16H26NO2+. The normalized spacial score (nSPS) is 10.6. The smallest absolute Gasteiger partial charge is 0.308 e. The number of hydrogen-bond donors (Lipinski definition) is 1. The van der Waals surface area contributed by atoms with E-state index in [2.05, 4.69) is 24.6 Å². The Kier molecular flexibility index (Phi) is 7.16. The zero-order valence-corrected chi connectivity index (χ0v) is 12.2. The van der Waals surface area contributed by atoms with Gasteiger partial charge in [0.2, 0.25) is 0 Å². The molecule has 1 heterocycles. The predicted octanol–water partition coefficient (Wildman–Crippen LogP) is 3.13. The third-order valence-corrected chi connectivity index (χ3v) is 3.46. The van der Waals surface area contributed by atoms with Crippen LogP contribution in [0, 0.1) is 0 Å². The van der Waals surface area contributed by atoms with Gasteiger partial charge in [-0.3, -0.25) is 4.79 Å². The van der Waals surface area contributed by atoms with Crippen molar-refractivity contribution in [1.29, 1.82) is 0 Å². The molecule has 0 amide bonds. The molecule has 0 spiro atoms. The molecule has 0 radical (unpaired) electrons. The van der Waals surface area contributed by atoms with Gasteiger partial charge >= 0.3 is 5.97 Å². The van der Waals surface area contributed by atoms with Gasteiger partial charge in [-0.2, -0.15) is 0 Å². The Labute approximate surface area is 116 Å². The number of nitrogens with zero attached hydrogens (tertiary/aromatic N) is 1. The van der Waals surface area contributed by atoms with Crippen molar-refractivity contribution in [3.05, 3.63) is 29.6 Å². The highest BCUT2D eigenvalue weighted by Crippen LogP contribution is 2.08. The van der Waals surface area contributed by atoms with Crippen molar-refractivity contribution in [3.8, 4) is 0 Å². The minimum atomic E-state index is -0.754. The zero-order valence-electron chi connectivity index (χ0n) is 12.2. The number of aliphatic carboxylic acids is 1. The molecule has 0 aromatic carbocycles. The molecule has 106 valence electrons. The second kappa shape index (κ2) is 8.68. The first-order valence-electron chi connectivity index (χ1n) is 7.41. The van der Waals surface area contributed by atoms with Crippen molar-refractivity contribution in [1.82, 2.24) is 0 Å². The fraction of sp³-hybridized carbons (Fsp3) is 0.625. The largest absolute Gasteiger partial charge is 0.481 e. The van der Waals surface area contributed by atoms with Crippen LogP contribution in [-0.2, 0) is 24.2 Å². The van der Waals surface area contributed by atoms with Gasteiger partial charge < -0.3 is 5.11 Å². The minimum Gasteiger partial charge on any atom is -0.481 e. The van der Waals surface area contributed by atoms with Crippen molar-refractivity contribution >= 4 is 5.97 Å². The van der Waals surface area contributed by atoms with E-state index < -0.39 is 5.97 Å². The molecule has 3 nitrogen and oxygen atoms in total. The van der Waals surface area contributed by atoms with Crippen molar-refractivity contribution < 1.29 is 14.5 Å². The molecule has 0 atom stereocenters. The molecule has 1 N–H and O–H groups in total. The van der Waals surface area contributed by atoms with E-state index >= 15 is 0 Å². The summed E-state index contributed by atoms with van der Waals surface area (Å²) in [5.41, 5.74) is 2.12. The second-order valence-electron chi connectivity index (χ2n) is 5.01. The van der Waals surface area contributed by atoms with E-state index in [1.165, 1.54) is 37.8 Å². The lowest BCUT2D eigenvalue weighted by molar-refractivity contribution is -0.704. The third-order valence-electron chi connectivity index (χ3n) is 3.46. The number of rotatable bonds is 9. The standard InChI is InChI=1S/C16H25NO2/c1-3-5-6-7-8-11-17-12-9-10-14(13-16(18)19)15(17)4-2/h9-10,12H,3-8,11,13H2,1-2H3/p+1. The van der Waals surface area contributed by atoms with Gasteiger partial charge in [-0.1, -0.05) is 33.1 Å². The molecule has 0 unspecified atom stereocenters. The van der Waals surface area contributed by atoms with E-state index in [-0.39, 0.29) is 6.42 Å². The number of carboxylic acids is 1. The van der Waals surface area contributed by atoms with E-state index in [4.69, 9.17) is 5.11 Å². The summed E-state index contributed by atoms with van der Waals surface area (Å²) in [5, 5.41) is 8.94. The second-order valence-corrected chi connectivity index (χ2v) is 5.01. The summed E-state index contributed by atoms with van der Waals surface area (Å²) in [7, 11) is 0. The van der Waals surface area contributed by atoms with Gasteiger partial charge in [0, 0.05) is 24.5 Å². The zero-order chi connectivity index (χ0) is 14.1. The Morgan fingerprint density at radius 1 is 1.21 bits per heavy atom. The number of hydrogen-bond acceptors (Lipinski definition) is 1. The van der Waals surface area contributed by atoms with Gasteiger partial charge in [0.15, 0.2) is 11.9 Å². The molecular weight excluding hydrogens is 238 g/mol. The van der Waals surface area contributed by atoms with Crippen LogP contribution in [-0.4, -0.2) is 11.1 Å². The van der Waals surface area contributed by atoms with E-state index in [1.807, 2.05) is 12.1 Å². The first-order valence-corrected chi connectivity index (χ1v) is 7.41. The quantitative estimate of drug-likeness (QED) is 0.550. The Morgan fingerprint density at radius 2 is 1.95 bits per heavy atom. The Balaban J connectivity index is 2.63. The van der Waals surface area contributed by atoms with Crippen LogP contribution in [0.1, 0.15) is 57.2 Å². The Bertz CT molecular complexity index is 402. The number of carbonyl (C=O) groups is 1. The molecule has 0 bridgehead atoms. The molecule has 0 aliphatic carbocycles. The summed E-state index contributed by atoms with van der Waals surface area (Å²) in [6.07, 6.45) is 9.39. The van der Waals surface area contributed by atoms with Crippen LogP contribution in [0.5, 0.6) is 0 Å². The summed E-state index contributed by atoms with van der Waals surface area (Å²) in [6.45, 7) is 5.31. The Morgan fingerprint density at radius 3 is 2.58 bits per heavy atom. The molecule has 1 aromatic heterocycles. The molecule has 0 fully saturated rings. The van der Waals surface area contributed by atoms with E-state index in [0.717, 1.165) is 18.5 Å². The first kappa shape index (κ1) is 15.7. The lowest BCUT2D eigenvalue weighted by Gasteiger charge is -2.06. The van der Waals surface area contributed by atoms with Crippen LogP contribution >= 0.6 is 0 Å². The number of aromatic nitrogens is 1. The van der Waals surface area contributed by atoms with Crippen LogP contribution in [0.15, 0.2) is 18.3 Å². The summed E-state index contributed by atoms with van der Waals surface area (Å²) in [4.78, 5) is 10.9. The highest BCUT2D eigenvalue weighted by Gasteiger charge is 2.15. The summed E-state index contributed by atoms with van der Waals surface area (Å²) in [6, 6.07) is 3.89. The van der Waals surface area contributed by atoms with Crippen LogP contribution in [0.2, 0.25) is 0 Å². The fourth-order valence-electron chi connectivity index (χ4n) is 2.48. The van der Waals surface area contributed by atoms with Gasteiger partial charge in [0.05, 0.1) is 6.42 Å². The van der Waals surface area contributed by atoms with Crippen LogP contribution in [0.3, 0.4) is 0 Å². The van der Waals surface area contributed by atoms with Crippen molar-refractivity contribution in [2.75, 3.05) is 0 Å². The summed E-state index contributed by atoms with van der Waals surface area (Å²) < 4.78 is 2.23. The van der Waals surface area contributed by atoms with E-state index in [1.54, 1.807) is 0 Å². The topological polar surface area (TPSA) is 41.2 Å². The molecule has 1 aromatic rings. The van der Waals surface area contributed by atoms with Crippen LogP contribution in [0.4, 0.5) is 0 Å². The molecule has 19 heavy (non-hydrogen) atoms. The monoisotopic (exact) mass is 264 g/mol. The lowest BCUT2D eigenvalue weighted by atomic mass is 10.1. The van der Waals surface area contributed by atoms with Crippen molar-refractivity contribution in [2.45, 2.75) is 65.3 Å². The maximum absolute atomic E-state index is 10.9. The van der Waals surface area contributed by atoms with Gasteiger partial charge in [-0.15, -0.1) is 0 Å². The number of pyridine rings is 1. The maximum atomic E-state index is 10.9.